The van der Waals surface area contributed by atoms with Gasteiger partial charge in [-0.1, -0.05) is 19.1 Å². The number of carbonyl (C=O) groups is 1. The van der Waals surface area contributed by atoms with Crippen LogP contribution in [-0.4, -0.2) is 34.0 Å². The van der Waals surface area contributed by atoms with Gasteiger partial charge in [-0.05, 0) is 37.9 Å². The van der Waals surface area contributed by atoms with E-state index in [1.54, 1.807) is 12.1 Å². The number of aliphatic carboxylic acids is 1. The Balaban J connectivity index is 2.34. The highest BCUT2D eigenvalue weighted by atomic mass is 16.6. The van der Waals surface area contributed by atoms with Gasteiger partial charge in [0.15, 0.2) is 0 Å². The molecule has 0 bridgehead atoms. The molecule has 1 fully saturated rings. The third kappa shape index (κ3) is 2.96. The van der Waals surface area contributed by atoms with E-state index in [0.717, 1.165) is 12.8 Å². The largest absolute Gasteiger partial charge is 0.480 e. The van der Waals surface area contributed by atoms with Gasteiger partial charge in [0, 0.05) is 6.07 Å². The number of rotatable bonds is 4. The Morgan fingerprint density at radius 1 is 1.40 bits per heavy atom. The van der Waals surface area contributed by atoms with Gasteiger partial charge in [0.2, 0.25) is 0 Å². The fraction of sp³-hybridized carbons (Fsp3) is 0.500. The lowest BCUT2D eigenvalue weighted by atomic mass is 9.95. The maximum atomic E-state index is 11.6. The Hall–Kier alpha value is -1.95. The minimum absolute atomic E-state index is 0.126. The predicted octanol–water partition coefficient (Wildman–Crippen LogP) is 2.45. The molecule has 1 aromatic rings. The lowest BCUT2D eigenvalue weighted by Gasteiger charge is -2.34. The number of nitrogens with zero attached hydrogens (tertiary/aromatic N) is 2. The van der Waals surface area contributed by atoms with Gasteiger partial charge in [-0.2, -0.15) is 0 Å². The number of hydrogen-bond donors (Lipinski definition) is 1. The summed E-state index contributed by atoms with van der Waals surface area (Å²) in [6, 6.07) is 5.15. The summed E-state index contributed by atoms with van der Waals surface area (Å²) in [7, 11) is 0. The van der Waals surface area contributed by atoms with Crippen molar-refractivity contribution in [1.82, 2.24) is 4.90 Å². The number of benzene rings is 1. The molecule has 1 N–H and O–H groups in total. The van der Waals surface area contributed by atoms with Crippen LogP contribution in [0, 0.1) is 16.0 Å². The number of likely N-dealkylation sites (tertiary alicyclic amines) is 1. The first-order valence-corrected chi connectivity index (χ1v) is 6.71. The van der Waals surface area contributed by atoms with Gasteiger partial charge in [-0.3, -0.25) is 19.8 Å². The average molecular weight is 278 g/mol. The number of nitro benzene ring substituents is 1. The van der Waals surface area contributed by atoms with Gasteiger partial charge in [-0.15, -0.1) is 0 Å². The van der Waals surface area contributed by atoms with Crippen LogP contribution in [0.15, 0.2) is 24.3 Å². The van der Waals surface area contributed by atoms with Crippen LogP contribution in [0.2, 0.25) is 0 Å². The Morgan fingerprint density at radius 2 is 2.00 bits per heavy atom. The van der Waals surface area contributed by atoms with Crippen molar-refractivity contribution in [2.75, 3.05) is 13.1 Å². The maximum Gasteiger partial charge on any atom is 0.325 e. The summed E-state index contributed by atoms with van der Waals surface area (Å²) in [5.74, 6) is -0.458. The summed E-state index contributed by atoms with van der Waals surface area (Å²) in [6.45, 7) is 3.45. The van der Waals surface area contributed by atoms with Crippen molar-refractivity contribution in [3.8, 4) is 0 Å². The fourth-order valence-electron chi connectivity index (χ4n) is 2.66. The molecule has 1 heterocycles. The summed E-state index contributed by atoms with van der Waals surface area (Å²) in [4.78, 5) is 24.0. The zero-order chi connectivity index (χ0) is 14.7. The van der Waals surface area contributed by atoms with Crippen molar-refractivity contribution in [2.24, 2.45) is 5.92 Å². The van der Waals surface area contributed by atoms with E-state index in [1.165, 1.54) is 12.1 Å². The smallest absolute Gasteiger partial charge is 0.325 e. The summed E-state index contributed by atoms with van der Waals surface area (Å²) < 4.78 is 0. The summed E-state index contributed by atoms with van der Waals surface area (Å²) in [5.41, 5.74) is 0.137. The molecule has 1 aliphatic rings. The highest BCUT2D eigenvalue weighted by Gasteiger charge is 2.34. The summed E-state index contributed by atoms with van der Waals surface area (Å²) >= 11 is 0. The predicted molar refractivity (Wildman–Crippen MR) is 73.4 cm³/mol. The monoisotopic (exact) mass is 278 g/mol. The van der Waals surface area contributed by atoms with Crippen LogP contribution in [0.25, 0.3) is 0 Å². The van der Waals surface area contributed by atoms with Gasteiger partial charge >= 0.3 is 5.97 Å². The molecule has 6 heteroatoms. The van der Waals surface area contributed by atoms with Crippen LogP contribution < -0.4 is 0 Å². The Morgan fingerprint density at radius 3 is 2.55 bits per heavy atom. The number of carboxylic acids is 1. The molecular weight excluding hydrogens is 260 g/mol. The van der Waals surface area contributed by atoms with E-state index in [0.29, 0.717) is 19.0 Å². The molecular formula is C14H18N2O4. The zero-order valence-corrected chi connectivity index (χ0v) is 11.4. The van der Waals surface area contributed by atoms with Crippen molar-refractivity contribution in [3.63, 3.8) is 0 Å². The van der Waals surface area contributed by atoms with Crippen molar-refractivity contribution in [3.05, 3.63) is 39.9 Å². The van der Waals surface area contributed by atoms with Crippen molar-refractivity contribution < 1.29 is 14.8 Å². The fourth-order valence-corrected chi connectivity index (χ4v) is 2.66. The molecule has 0 saturated carbocycles. The van der Waals surface area contributed by atoms with Crippen LogP contribution in [-0.2, 0) is 4.79 Å². The number of piperidine rings is 1. The van der Waals surface area contributed by atoms with Crippen LogP contribution in [0.5, 0.6) is 0 Å². The second-order valence-corrected chi connectivity index (χ2v) is 5.28. The van der Waals surface area contributed by atoms with Gasteiger partial charge in [-0.25, -0.2) is 0 Å². The second kappa shape index (κ2) is 6.00. The Kier molecular flexibility index (Phi) is 4.34. The first kappa shape index (κ1) is 14.5. The molecule has 6 nitrogen and oxygen atoms in total. The molecule has 108 valence electrons. The van der Waals surface area contributed by atoms with E-state index >= 15 is 0 Å². The van der Waals surface area contributed by atoms with E-state index < -0.39 is 16.9 Å². The van der Waals surface area contributed by atoms with Gasteiger partial charge in [0.05, 0.1) is 10.5 Å². The summed E-state index contributed by atoms with van der Waals surface area (Å²) in [5, 5.41) is 20.6. The molecule has 1 aliphatic heterocycles. The van der Waals surface area contributed by atoms with E-state index in [4.69, 9.17) is 0 Å². The van der Waals surface area contributed by atoms with Crippen LogP contribution in [0.4, 0.5) is 5.69 Å². The number of hydrogen-bond acceptors (Lipinski definition) is 4. The molecule has 0 spiro atoms. The maximum absolute atomic E-state index is 11.6. The van der Waals surface area contributed by atoms with Gasteiger partial charge in [0.1, 0.15) is 6.04 Å². The summed E-state index contributed by atoms with van der Waals surface area (Å²) in [6.07, 6.45) is 1.84. The first-order valence-electron chi connectivity index (χ1n) is 6.71. The van der Waals surface area contributed by atoms with E-state index in [9.17, 15) is 20.0 Å². The molecule has 1 aromatic carbocycles. The first-order chi connectivity index (χ1) is 9.50. The molecule has 0 aromatic heterocycles. The minimum Gasteiger partial charge on any atom is -0.480 e. The van der Waals surface area contributed by atoms with Crippen molar-refractivity contribution in [2.45, 2.75) is 25.8 Å². The van der Waals surface area contributed by atoms with Crippen LogP contribution >= 0.6 is 0 Å². The molecule has 1 unspecified atom stereocenters. The zero-order valence-electron chi connectivity index (χ0n) is 11.4. The van der Waals surface area contributed by atoms with E-state index in [2.05, 4.69) is 6.92 Å². The van der Waals surface area contributed by atoms with E-state index in [1.807, 2.05) is 4.90 Å². The standard InChI is InChI=1S/C14H18N2O4/c1-10-6-8-15(9-7-10)13(14(17)18)11-4-2-3-5-12(11)16(19)20/h2-5,10,13H,6-9H2,1H3,(H,17,18). The lowest BCUT2D eigenvalue weighted by Crippen LogP contribution is -2.40. The normalized spacial score (nSPS) is 18.6. The topological polar surface area (TPSA) is 83.7 Å². The molecule has 0 aliphatic carbocycles. The molecule has 20 heavy (non-hydrogen) atoms. The highest BCUT2D eigenvalue weighted by molar-refractivity contribution is 5.77. The Bertz CT molecular complexity index is 510. The molecule has 1 saturated heterocycles. The number of carboxylic acid groups (broad SMARTS) is 1. The SMILES string of the molecule is CC1CCN(C(C(=O)O)c2ccccc2[N+](=O)[O-])CC1. The third-order valence-corrected chi connectivity index (χ3v) is 3.85. The van der Waals surface area contributed by atoms with E-state index in [-0.39, 0.29) is 11.3 Å². The highest BCUT2D eigenvalue weighted by Crippen LogP contribution is 2.32. The van der Waals surface area contributed by atoms with Gasteiger partial charge < -0.3 is 5.11 Å². The van der Waals surface area contributed by atoms with Crippen molar-refractivity contribution in [1.29, 1.82) is 0 Å². The third-order valence-electron chi connectivity index (χ3n) is 3.85. The van der Waals surface area contributed by atoms with Crippen LogP contribution in [0.1, 0.15) is 31.4 Å². The number of para-hydroxylation sites is 1. The lowest BCUT2D eigenvalue weighted by molar-refractivity contribution is -0.386. The van der Waals surface area contributed by atoms with Crippen molar-refractivity contribution >= 4 is 11.7 Å². The molecule has 0 amide bonds. The Labute approximate surface area is 117 Å². The molecule has 0 radical (unpaired) electrons. The minimum atomic E-state index is -1.03. The average Bonchev–Trinajstić information content (AvgIpc) is 2.41. The molecule has 2 rings (SSSR count). The van der Waals surface area contributed by atoms with Crippen LogP contribution in [0.3, 0.4) is 0 Å². The quantitative estimate of drug-likeness (QED) is 0.675. The van der Waals surface area contributed by atoms with Gasteiger partial charge in [0.25, 0.3) is 5.69 Å². The number of nitro groups is 1. The molecule has 1 atom stereocenters. The second-order valence-electron chi connectivity index (χ2n) is 5.28.